The van der Waals surface area contributed by atoms with E-state index in [9.17, 15) is 18.0 Å². The second-order valence-electron chi connectivity index (χ2n) is 7.29. The van der Waals surface area contributed by atoms with Gasteiger partial charge in [0.2, 0.25) is 18.5 Å². The molecule has 1 aliphatic rings. The van der Waals surface area contributed by atoms with Gasteiger partial charge in [0.1, 0.15) is 6.04 Å². The van der Waals surface area contributed by atoms with Gasteiger partial charge in [0, 0.05) is 11.1 Å². The van der Waals surface area contributed by atoms with E-state index in [-0.39, 0.29) is 24.2 Å². The number of aromatic nitrogens is 2. The average Bonchev–Trinajstić information content (AvgIpc) is 3.40. The fourth-order valence-electron chi connectivity index (χ4n) is 3.06. The molecule has 0 aliphatic carbocycles. The van der Waals surface area contributed by atoms with Crippen molar-refractivity contribution in [3.05, 3.63) is 59.5 Å². The number of hydrogen-bond donors (Lipinski definition) is 1. The van der Waals surface area contributed by atoms with Crippen LogP contribution in [0.3, 0.4) is 0 Å². The topological polar surface area (TPSA) is 86.5 Å². The van der Waals surface area contributed by atoms with Crippen LogP contribution in [0.15, 0.2) is 47.0 Å². The number of rotatable bonds is 5. The van der Waals surface area contributed by atoms with E-state index in [0.717, 1.165) is 24.3 Å². The summed E-state index contributed by atoms with van der Waals surface area (Å²) in [6, 6.07) is 8.57. The van der Waals surface area contributed by atoms with Crippen LogP contribution in [-0.4, -0.2) is 22.8 Å². The van der Waals surface area contributed by atoms with Gasteiger partial charge >= 0.3 is 6.18 Å². The number of ether oxygens (including phenoxy) is 2. The van der Waals surface area contributed by atoms with Crippen molar-refractivity contribution in [3.63, 3.8) is 0 Å². The highest BCUT2D eigenvalue weighted by Gasteiger charge is 2.31. The molecular weight excluding hydrogens is 415 g/mol. The number of carbonyl (C=O) groups excluding carboxylic acids is 1. The second-order valence-corrected chi connectivity index (χ2v) is 7.29. The Morgan fingerprint density at radius 3 is 2.45 bits per heavy atom. The number of nitrogens with zero attached hydrogens (tertiary/aromatic N) is 2. The quantitative estimate of drug-likeness (QED) is 0.632. The van der Waals surface area contributed by atoms with Gasteiger partial charge < -0.3 is 19.3 Å². The van der Waals surface area contributed by atoms with Crippen LogP contribution in [0.2, 0.25) is 0 Å². The van der Waals surface area contributed by atoms with Gasteiger partial charge in [-0.2, -0.15) is 18.2 Å². The molecule has 0 fully saturated rings. The second kappa shape index (κ2) is 7.93. The van der Waals surface area contributed by atoms with Crippen LogP contribution >= 0.6 is 0 Å². The molecule has 0 saturated carbocycles. The first-order chi connectivity index (χ1) is 14.7. The maximum absolute atomic E-state index is 12.7. The number of fused-ring (bicyclic) bond motifs is 1. The smallest absolute Gasteiger partial charge is 0.416 e. The lowest BCUT2D eigenvalue weighted by Crippen LogP contribution is -2.32. The average molecular weight is 433 g/mol. The molecule has 2 heterocycles. The monoisotopic (exact) mass is 433 g/mol. The standard InChI is InChI=1S/C21H18F3N3O4/c1-11(2)17(25-19(28)12-3-6-14(7-4-12)21(22,23)24)20-26-18(27-31-20)13-5-8-15-16(9-13)30-10-29-15/h3-9,11,17H,10H2,1-2H3,(H,25,28)/t17-/m1/s1. The normalized spacial score (nSPS) is 14.0. The molecular formula is C21H18F3N3O4. The van der Waals surface area contributed by atoms with Gasteiger partial charge in [-0.25, -0.2) is 0 Å². The maximum atomic E-state index is 12.7. The van der Waals surface area contributed by atoms with E-state index < -0.39 is 23.7 Å². The molecule has 0 radical (unpaired) electrons. The summed E-state index contributed by atoms with van der Waals surface area (Å²) < 4.78 is 54.2. The summed E-state index contributed by atoms with van der Waals surface area (Å²) >= 11 is 0. The lowest BCUT2D eigenvalue weighted by atomic mass is 10.0. The van der Waals surface area contributed by atoms with Crippen molar-refractivity contribution in [3.8, 4) is 22.9 Å². The van der Waals surface area contributed by atoms with E-state index in [2.05, 4.69) is 15.5 Å². The molecule has 7 nitrogen and oxygen atoms in total. The zero-order valence-corrected chi connectivity index (χ0v) is 16.6. The minimum atomic E-state index is -4.47. The largest absolute Gasteiger partial charge is 0.454 e. The maximum Gasteiger partial charge on any atom is 0.416 e. The zero-order valence-electron chi connectivity index (χ0n) is 16.6. The lowest BCUT2D eigenvalue weighted by Gasteiger charge is -2.18. The zero-order chi connectivity index (χ0) is 22.2. The highest BCUT2D eigenvalue weighted by molar-refractivity contribution is 5.94. The molecule has 162 valence electrons. The van der Waals surface area contributed by atoms with Gasteiger partial charge in [-0.05, 0) is 48.4 Å². The first kappa shape index (κ1) is 20.7. The Kier molecular flexibility index (Phi) is 5.30. The summed E-state index contributed by atoms with van der Waals surface area (Å²) in [6.45, 7) is 3.84. The molecule has 1 aromatic heterocycles. The Hall–Kier alpha value is -3.56. The minimum Gasteiger partial charge on any atom is -0.454 e. The highest BCUT2D eigenvalue weighted by atomic mass is 19.4. The van der Waals surface area contributed by atoms with Crippen LogP contribution in [0.1, 0.15) is 41.7 Å². The first-order valence-electron chi connectivity index (χ1n) is 9.44. The molecule has 0 spiro atoms. The Labute approximate surface area is 175 Å². The number of halogens is 3. The molecule has 10 heteroatoms. The molecule has 3 aromatic rings. The van der Waals surface area contributed by atoms with Crippen molar-refractivity contribution >= 4 is 5.91 Å². The van der Waals surface area contributed by atoms with Gasteiger partial charge in [-0.15, -0.1) is 0 Å². The van der Waals surface area contributed by atoms with Gasteiger partial charge in [-0.3, -0.25) is 4.79 Å². The van der Waals surface area contributed by atoms with Crippen molar-refractivity contribution in [1.29, 1.82) is 0 Å². The number of benzene rings is 2. The molecule has 0 saturated heterocycles. The Bertz CT molecular complexity index is 1090. The van der Waals surface area contributed by atoms with Crippen LogP contribution < -0.4 is 14.8 Å². The van der Waals surface area contributed by atoms with Crippen LogP contribution in [0.5, 0.6) is 11.5 Å². The van der Waals surface area contributed by atoms with Crippen molar-refractivity contribution in [2.45, 2.75) is 26.1 Å². The number of alkyl halides is 3. The van der Waals surface area contributed by atoms with Crippen LogP contribution in [0, 0.1) is 5.92 Å². The van der Waals surface area contributed by atoms with Crippen molar-refractivity contribution in [1.82, 2.24) is 15.5 Å². The Balaban J connectivity index is 1.52. The van der Waals surface area contributed by atoms with E-state index in [0.29, 0.717) is 22.9 Å². The van der Waals surface area contributed by atoms with Gasteiger partial charge in [0.25, 0.3) is 5.91 Å². The molecule has 1 N–H and O–H groups in total. The van der Waals surface area contributed by atoms with Crippen molar-refractivity contribution in [2.75, 3.05) is 6.79 Å². The minimum absolute atomic E-state index is 0.0918. The Morgan fingerprint density at radius 2 is 1.77 bits per heavy atom. The first-order valence-corrected chi connectivity index (χ1v) is 9.44. The SMILES string of the molecule is CC(C)[C@@H](NC(=O)c1ccc(C(F)(F)F)cc1)c1nc(-c2ccc3c(c2)OCO3)no1. The predicted octanol–water partition coefficient (Wildman–Crippen LogP) is 4.61. The van der Waals surface area contributed by atoms with Gasteiger partial charge in [0.05, 0.1) is 5.56 Å². The summed E-state index contributed by atoms with van der Waals surface area (Å²) in [5.41, 5.74) is -0.0836. The third kappa shape index (κ3) is 4.32. The molecule has 1 amide bonds. The van der Waals surface area contributed by atoms with E-state index in [1.807, 2.05) is 13.8 Å². The number of carbonyl (C=O) groups is 1. The van der Waals surface area contributed by atoms with Gasteiger partial charge in [0.15, 0.2) is 11.5 Å². The molecule has 31 heavy (non-hydrogen) atoms. The molecule has 0 unspecified atom stereocenters. The Morgan fingerprint density at radius 1 is 1.06 bits per heavy atom. The third-order valence-corrected chi connectivity index (χ3v) is 4.77. The summed E-state index contributed by atoms with van der Waals surface area (Å²) in [6.07, 6.45) is -4.47. The van der Waals surface area contributed by atoms with Gasteiger partial charge in [-0.1, -0.05) is 19.0 Å². The summed E-state index contributed by atoms with van der Waals surface area (Å²) in [5, 5.41) is 6.73. The number of hydrogen-bond acceptors (Lipinski definition) is 6. The molecule has 2 aromatic carbocycles. The fraction of sp³-hybridized carbons (Fsp3) is 0.286. The van der Waals surface area contributed by atoms with E-state index in [4.69, 9.17) is 14.0 Å². The van der Waals surface area contributed by atoms with E-state index >= 15 is 0 Å². The van der Waals surface area contributed by atoms with Crippen LogP contribution in [0.4, 0.5) is 13.2 Å². The number of amides is 1. The highest BCUT2D eigenvalue weighted by Crippen LogP contribution is 2.35. The third-order valence-electron chi connectivity index (χ3n) is 4.77. The lowest BCUT2D eigenvalue weighted by molar-refractivity contribution is -0.137. The molecule has 4 rings (SSSR count). The van der Waals surface area contributed by atoms with Crippen LogP contribution in [0.25, 0.3) is 11.4 Å². The van der Waals surface area contributed by atoms with Crippen molar-refractivity contribution < 1.29 is 32.0 Å². The fourth-order valence-corrected chi connectivity index (χ4v) is 3.06. The predicted molar refractivity (Wildman–Crippen MR) is 102 cm³/mol. The number of nitrogens with one attached hydrogen (secondary N) is 1. The summed E-state index contributed by atoms with van der Waals surface area (Å²) in [5.74, 6) is 1.01. The molecule has 1 aliphatic heterocycles. The summed E-state index contributed by atoms with van der Waals surface area (Å²) in [7, 11) is 0. The molecule has 0 bridgehead atoms. The van der Waals surface area contributed by atoms with E-state index in [1.54, 1.807) is 18.2 Å². The van der Waals surface area contributed by atoms with Crippen molar-refractivity contribution in [2.24, 2.45) is 5.92 Å². The van der Waals surface area contributed by atoms with E-state index in [1.165, 1.54) is 0 Å². The summed E-state index contributed by atoms with van der Waals surface area (Å²) in [4.78, 5) is 17.0. The molecule has 1 atom stereocenters. The van der Waals surface area contributed by atoms with Crippen LogP contribution in [-0.2, 0) is 6.18 Å².